The summed E-state index contributed by atoms with van der Waals surface area (Å²) in [5, 5.41) is 22.0. The molecule has 0 aromatic carbocycles. The van der Waals surface area contributed by atoms with Gasteiger partial charge in [-0.15, -0.1) is 0 Å². The number of pyridine rings is 1. The maximum absolute atomic E-state index is 9.32. The van der Waals surface area contributed by atoms with Crippen LogP contribution in [0.15, 0.2) is 43.2 Å². The first-order chi connectivity index (χ1) is 11.2. The molecule has 0 saturated heterocycles. The lowest BCUT2D eigenvalue weighted by Crippen LogP contribution is -2.01. The van der Waals surface area contributed by atoms with E-state index in [0.717, 1.165) is 16.8 Å². The molecule has 8 nitrogen and oxygen atoms in total. The third-order valence-corrected chi connectivity index (χ3v) is 3.60. The van der Waals surface area contributed by atoms with Crippen LogP contribution in [0, 0.1) is 11.3 Å². The lowest BCUT2D eigenvalue weighted by Gasteiger charge is -2.08. The fourth-order valence-corrected chi connectivity index (χ4v) is 2.55. The molecule has 0 unspecified atom stereocenters. The molecule has 8 heteroatoms. The highest BCUT2D eigenvalue weighted by Crippen LogP contribution is 2.27. The van der Waals surface area contributed by atoms with Crippen LogP contribution in [-0.2, 0) is 7.05 Å². The van der Waals surface area contributed by atoms with Gasteiger partial charge in [0.2, 0.25) is 0 Å². The lowest BCUT2D eigenvalue weighted by molar-refractivity contribution is 0.768. The van der Waals surface area contributed by atoms with Crippen molar-refractivity contribution in [2.45, 2.75) is 0 Å². The molecule has 0 amide bonds. The molecule has 0 bridgehead atoms. The molecule has 0 fully saturated rings. The highest BCUT2D eigenvalue weighted by Gasteiger charge is 2.14. The van der Waals surface area contributed by atoms with Gasteiger partial charge in [-0.05, 0) is 6.07 Å². The van der Waals surface area contributed by atoms with Gasteiger partial charge in [0.1, 0.15) is 11.6 Å². The largest absolute Gasteiger partial charge is 0.396 e. The standard InChI is InChI=1S/C15H12N8/c1-21-7-12(5-18-21)10-2-14(22-9-13(17)6-20-22)15-11(3-16)4-19-23(15)8-10/h2,4-9H,17H2,1H3. The fraction of sp³-hybridized carbons (Fsp3) is 0.0667. The van der Waals surface area contributed by atoms with E-state index in [2.05, 4.69) is 21.4 Å². The first-order valence-electron chi connectivity index (χ1n) is 6.87. The summed E-state index contributed by atoms with van der Waals surface area (Å²) in [7, 11) is 1.86. The summed E-state index contributed by atoms with van der Waals surface area (Å²) in [6.07, 6.45) is 10.4. The van der Waals surface area contributed by atoms with E-state index in [1.54, 1.807) is 38.7 Å². The van der Waals surface area contributed by atoms with Crippen molar-refractivity contribution < 1.29 is 0 Å². The molecule has 112 valence electrons. The second-order valence-electron chi connectivity index (χ2n) is 5.20. The quantitative estimate of drug-likeness (QED) is 0.602. The normalized spacial score (nSPS) is 11.0. The Morgan fingerprint density at radius 1 is 1.04 bits per heavy atom. The lowest BCUT2D eigenvalue weighted by atomic mass is 10.1. The highest BCUT2D eigenvalue weighted by atomic mass is 15.3. The second kappa shape index (κ2) is 4.71. The summed E-state index contributed by atoms with van der Waals surface area (Å²) in [5.74, 6) is 0. The molecule has 0 aliphatic rings. The maximum Gasteiger partial charge on any atom is 0.110 e. The van der Waals surface area contributed by atoms with Gasteiger partial charge in [-0.1, -0.05) is 0 Å². The summed E-state index contributed by atoms with van der Waals surface area (Å²) in [5.41, 5.74) is 10.1. The molecule has 0 spiro atoms. The Morgan fingerprint density at radius 3 is 2.57 bits per heavy atom. The summed E-state index contributed by atoms with van der Waals surface area (Å²) >= 11 is 0. The number of hydrogen-bond donors (Lipinski definition) is 1. The zero-order chi connectivity index (χ0) is 16.0. The van der Waals surface area contributed by atoms with Gasteiger partial charge in [0.25, 0.3) is 0 Å². The van der Waals surface area contributed by atoms with E-state index in [-0.39, 0.29) is 0 Å². The average molecular weight is 304 g/mol. The Balaban J connectivity index is 2.04. The number of nitrogen functional groups attached to an aromatic ring is 1. The van der Waals surface area contributed by atoms with Crippen molar-refractivity contribution in [3.8, 4) is 22.9 Å². The van der Waals surface area contributed by atoms with E-state index >= 15 is 0 Å². The first-order valence-corrected chi connectivity index (χ1v) is 6.87. The van der Waals surface area contributed by atoms with Crippen LogP contribution in [0.2, 0.25) is 0 Å². The molecule has 0 atom stereocenters. The SMILES string of the molecule is Cn1cc(-c2cc(-n3cc(N)cn3)c3c(C#N)cnn3c2)cn1. The van der Waals surface area contributed by atoms with Crippen molar-refractivity contribution in [3.05, 3.63) is 48.8 Å². The van der Waals surface area contributed by atoms with Crippen molar-refractivity contribution in [1.29, 1.82) is 5.26 Å². The summed E-state index contributed by atoms with van der Waals surface area (Å²) in [6.45, 7) is 0. The number of fused-ring (bicyclic) bond motifs is 1. The third kappa shape index (κ3) is 2.03. The minimum atomic E-state index is 0.479. The minimum Gasteiger partial charge on any atom is -0.396 e. The van der Waals surface area contributed by atoms with Gasteiger partial charge in [-0.25, -0.2) is 9.20 Å². The molecule has 4 aromatic rings. The number of aromatic nitrogens is 6. The van der Waals surface area contributed by atoms with Gasteiger partial charge in [0.15, 0.2) is 0 Å². The predicted molar refractivity (Wildman–Crippen MR) is 83.6 cm³/mol. The number of nitriles is 1. The van der Waals surface area contributed by atoms with Crippen molar-refractivity contribution in [3.63, 3.8) is 0 Å². The molecule has 0 aliphatic heterocycles. The molecule has 4 aromatic heterocycles. The summed E-state index contributed by atoms with van der Waals surface area (Å²) in [4.78, 5) is 0. The van der Waals surface area contributed by atoms with Crippen molar-refractivity contribution in [1.82, 2.24) is 29.2 Å². The zero-order valence-corrected chi connectivity index (χ0v) is 12.2. The van der Waals surface area contributed by atoms with Crippen LogP contribution in [0.5, 0.6) is 0 Å². The van der Waals surface area contributed by atoms with Gasteiger partial charge in [-0.3, -0.25) is 4.68 Å². The van der Waals surface area contributed by atoms with Gasteiger partial charge < -0.3 is 5.73 Å². The Kier molecular flexibility index (Phi) is 2.68. The Bertz CT molecular complexity index is 1060. The molecule has 23 heavy (non-hydrogen) atoms. The van der Waals surface area contributed by atoms with Crippen LogP contribution in [0.3, 0.4) is 0 Å². The monoisotopic (exact) mass is 304 g/mol. The second-order valence-corrected chi connectivity index (χ2v) is 5.20. The third-order valence-electron chi connectivity index (χ3n) is 3.60. The molecule has 0 saturated carbocycles. The van der Waals surface area contributed by atoms with Gasteiger partial charge in [0, 0.05) is 30.6 Å². The van der Waals surface area contributed by atoms with E-state index in [9.17, 15) is 5.26 Å². The van der Waals surface area contributed by atoms with E-state index < -0.39 is 0 Å². The topological polar surface area (TPSA) is 103 Å². The van der Waals surface area contributed by atoms with E-state index in [1.165, 1.54) is 0 Å². The van der Waals surface area contributed by atoms with Crippen LogP contribution < -0.4 is 5.73 Å². The smallest absolute Gasteiger partial charge is 0.110 e. The van der Waals surface area contributed by atoms with Gasteiger partial charge in [-0.2, -0.15) is 20.6 Å². The Hall–Kier alpha value is -3.60. The minimum absolute atomic E-state index is 0.479. The van der Waals surface area contributed by atoms with E-state index in [4.69, 9.17) is 5.73 Å². The Morgan fingerprint density at radius 2 is 1.91 bits per heavy atom. The van der Waals surface area contributed by atoms with E-state index in [1.807, 2.05) is 25.5 Å². The summed E-state index contributed by atoms with van der Waals surface area (Å²) in [6, 6.07) is 4.10. The molecule has 4 heterocycles. The molecule has 4 rings (SSSR count). The fourth-order valence-electron chi connectivity index (χ4n) is 2.55. The van der Waals surface area contributed by atoms with Crippen LogP contribution in [0.1, 0.15) is 5.56 Å². The molecule has 2 N–H and O–H groups in total. The van der Waals surface area contributed by atoms with E-state index in [0.29, 0.717) is 16.8 Å². The number of nitrogens with two attached hydrogens (primary N) is 1. The molecule has 0 aliphatic carbocycles. The Labute approximate surface area is 131 Å². The summed E-state index contributed by atoms with van der Waals surface area (Å²) < 4.78 is 5.05. The molecular weight excluding hydrogens is 292 g/mol. The number of anilines is 1. The number of hydrogen-bond acceptors (Lipinski definition) is 5. The maximum atomic E-state index is 9.32. The average Bonchev–Trinajstić information content (AvgIpc) is 3.25. The van der Waals surface area contributed by atoms with Crippen molar-refractivity contribution in [2.75, 3.05) is 5.73 Å². The first kappa shape index (κ1) is 13.1. The molecular formula is C15H12N8. The molecule has 0 radical (unpaired) electrons. The number of rotatable bonds is 2. The number of nitrogens with zero attached hydrogens (tertiary/aromatic N) is 7. The van der Waals surface area contributed by atoms with Crippen LogP contribution >= 0.6 is 0 Å². The van der Waals surface area contributed by atoms with Crippen molar-refractivity contribution in [2.24, 2.45) is 7.05 Å². The van der Waals surface area contributed by atoms with Crippen LogP contribution in [0.25, 0.3) is 22.3 Å². The van der Waals surface area contributed by atoms with Crippen LogP contribution in [-0.4, -0.2) is 29.2 Å². The highest BCUT2D eigenvalue weighted by molar-refractivity contribution is 5.77. The van der Waals surface area contributed by atoms with Crippen molar-refractivity contribution >= 4 is 11.2 Å². The van der Waals surface area contributed by atoms with Gasteiger partial charge in [0.05, 0.1) is 41.7 Å². The number of aryl methyl sites for hydroxylation is 1. The van der Waals surface area contributed by atoms with Gasteiger partial charge >= 0.3 is 0 Å². The predicted octanol–water partition coefficient (Wildman–Crippen LogP) is 1.37. The van der Waals surface area contributed by atoms with Crippen LogP contribution in [0.4, 0.5) is 5.69 Å². The zero-order valence-electron chi connectivity index (χ0n) is 12.2.